The number of carbonyl (C=O) groups is 1. The molecule has 0 saturated carbocycles. The second-order valence-electron chi connectivity index (χ2n) is 4.27. The number of nitrogens with zero attached hydrogens (tertiary/aromatic N) is 1. The van der Waals surface area contributed by atoms with E-state index in [0.29, 0.717) is 22.8 Å². The number of allylic oxidation sites excluding steroid dienone is 2. The predicted octanol–water partition coefficient (Wildman–Crippen LogP) is 2.77. The number of ether oxygens (including phenoxy) is 2. The van der Waals surface area contributed by atoms with Gasteiger partial charge >= 0.3 is 0 Å². The quantitative estimate of drug-likeness (QED) is 0.749. The minimum atomic E-state index is -0.0973. The molecule has 92 valence electrons. The molecule has 0 amide bonds. The van der Waals surface area contributed by atoms with Crippen molar-refractivity contribution in [3.05, 3.63) is 34.6 Å². The van der Waals surface area contributed by atoms with Crippen molar-refractivity contribution in [1.82, 2.24) is 0 Å². The summed E-state index contributed by atoms with van der Waals surface area (Å²) in [5.41, 5.74) is 2.13. The van der Waals surface area contributed by atoms with Gasteiger partial charge in [0.05, 0.1) is 5.56 Å². The van der Waals surface area contributed by atoms with Gasteiger partial charge in [-0.25, -0.2) is 0 Å². The molecule has 0 N–H and O–H groups in total. The highest BCUT2D eigenvalue weighted by Crippen LogP contribution is 2.39. The fourth-order valence-corrected chi connectivity index (χ4v) is 1.85. The molecule has 1 heterocycles. The SMILES string of the molecule is CC(C)=C1Oc2c(ccc(OCC#N)c2C)C1=O. The maximum absolute atomic E-state index is 12.0. The van der Waals surface area contributed by atoms with Crippen LogP contribution in [0.4, 0.5) is 0 Å². The van der Waals surface area contributed by atoms with Crippen molar-refractivity contribution in [3.8, 4) is 17.6 Å². The molecule has 0 bridgehead atoms. The van der Waals surface area contributed by atoms with Gasteiger partial charge in [-0.3, -0.25) is 4.79 Å². The summed E-state index contributed by atoms with van der Waals surface area (Å²) in [6, 6.07) is 5.28. The molecule has 0 atom stereocenters. The number of hydrogen-bond donors (Lipinski definition) is 0. The highest BCUT2D eigenvalue weighted by Gasteiger charge is 2.30. The van der Waals surface area contributed by atoms with Crippen LogP contribution < -0.4 is 9.47 Å². The molecule has 18 heavy (non-hydrogen) atoms. The molecule has 1 aromatic carbocycles. The molecule has 4 nitrogen and oxygen atoms in total. The van der Waals surface area contributed by atoms with Gasteiger partial charge in [0.2, 0.25) is 5.78 Å². The summed E-state index contributed by atoms with van der Waals surface area (Å²) in [4.78, 5) is 12.0. The van der Waals surface area contributed by atoms with E-state index < -0.39 is 0 Å². The van der Waals surface area contributed by atoms with Gasteiger partial charge in [-0.05, 0) is 38.5 Å². The molecule has 0 saturated heterocycles. The lowest BCUT2D eigenvalue weighted by Crippen LogP contribution is -2.00. The number of ketones is 1. The first-order valence-corrected chi connectivity index (χ1v) is 5.59. The third-order valence-corrected chi connectivity index (χ3v) is 2.76. The van der Waals surface area contributed by atoms with Crippen molar-refractivity contribution in [2.75, 3.05) is 6.61 Å². The monoisotopic (exact) mass is 243 g/mol. The molecular weight excluding hydrogens is 230 g/mol. The van der Waals surface area contributed by atoms with Crippen LogP contribution >= 0.6 is 0 Å². The average molecular weight is 243 g/mol. The van der Waals surface area contributed by atoms with Crippen molar-refractivity contribution in [2.45, 2.75) is 20.8 Å². The van der Waals surface area contributed by atoms with Crippen molar-refractivity contribution in [2.24, 2.45) is 0 Å². The topological polar surface area (TPSA) is 59.3 Å². The third-order valence-electron chi connectivity index (χ3n) is 2.76. The zero-order valence-corrected chi connectivity index (χ0v) is 10.5. The van der Waals surface area contributed by atoms with Crippen LogP contribution in [0.15, 0.2) is 23.5 Å². The van der Waals surface area contributed by atoms with Crippen LogP contribution in [-0.2, 0) is 0 Å². The van der Waals surface area contributed by atoms with Gasteiger partial charge in [0.25, 0.3) is 0 Å². The van der Waals surface area contributed by atoms with Gasteiger partial charge in [-0.2, -0.15) is 5.26 Å². The van der Waals surface area contributed by atoms with E-state index in [4.69, 9.17) is 14.7 Å². The molecule has 0 unspecified atom stereocenters. The number of fused-ring (bicyclic) bond motifs is 1. The first-order chi connectivity index (χ1) is 8.56. The molecule has 1 aliphatic rings. The van der Waals surface area contributed by atoms with Crippen LogP contribution in [0.1, 0.15) is 29.8 Å². The lowest BCUT2D eigenvalue weighted by atomic mass is 10.1. The molecule has 2 rings (SSSR count). The van der Waals surface area contributed by atoms with Gasteiger partial charge in [-0.15, -0.1) is 0 Å². The zero-order valence-electron chi connectivity index (χ0n) is 10.5. The van der Waals surface area contributed by atoms with Gasteiger partial charge in [0.15, 0.2) is 12.4 Å². The van der Waals surface area contributed by atoms with E-state index in [1.54, 1.807) is 12.1 Å². The standard InChI is InChI=1S/C14H13NO3/c1-8(2)13-12(16)10-4-5-11(17-7-6-15)9(3)14(10)18-13/h4-5H,7H2,1-3H3. The number of nitriles is 1. The average Bonchev–Trinajstić information content (AvgIpc) is 2.67. The summed E-state index contributed by atoms with van der Waals surface area (Å²) in [6.45, 7) is 5.46. The maximum Gasteiger partial charge on any atom is 0.231 e. The number of Topliss-reactive ketones (excluding diaryl/α,β-unsaturated/α-hetero) is 1. The Kier molecular flexibility index (Phi) is 3.07. The minimum absolute atomic E-state index is 0.0247. The summed E-state index contributed by atoms with van der Waals surface area (Å²) in [6.07, 6.45) is 0. The highest BCUT2D eigenvalue weighted by atomic mass is 16.5. The van der Waals surface area contributed by atoms with E-state index in [2.05, 4.69) is 0 Å². The van der Waals surface area contributed by atoms with Crippen LogP contribution in [0.2, 0.25) is 0 Å². The molecule has 0 radical (unpaired) electrons. The van der Waals surface area contributed by atoms with Gasteiger partial charge in [-0.1, -0.05) is 0 Å². The van der Waals surface area contributed by atoms with Gasteiger partial charge in [0, 0.05) is 5.56 Å². The normalized spacial score (nSPS) is 12.8. The molecule has 0 aliphatic carbocycles. The maximum atomic E-state index is 12.0. The van der Waals surface area contributed by atoms with E-state index in [-0.39, 0.29) is 12.4 Å². The smallest absolute Gasteiger partial charge is 0.231 e. The fourth-order valence-electron chi connectivity index (χ4n) is 1.85. The molecule has 0 aromatic heterocycles. The van der Waals surface area contributed by atoms with E-state index in [9.17, 15) is 4.79 Å². The first kappa shape index (κ1) is 12.2. The van der Waals surface area contributed by atoms with Gasteiger partial charge in [0.1, 0.15) is 17.6 Å². The van der Waals surface area contributed by atoms with Crippen molar-refractivity contribution >= 4 is 5.78 Å². The number of rotatable bonds is 2. The molecule has 4 heteroatoms. The minimum Gasteiger partial charge on any atom is -0.478 e. The van der Waals surface area contributed by atoms with Crippen LogP contribution in [0.3, 0.4) is 0 Å². The van der Waals surface area contributed by atoms with E-state index in [1.165, 1.54) is 0 Å². The van der Waals surface area contributed by atoms with E-state index in [1.807, 2.05) is 26.8 Å². The Balaban J connectivity index is 2.46. The van der Waals surface area contributed by atoms with Crippen LogP contribution in [0.5, 0.6) is 11.5 Å². The molecule has 1 aliphatic heterocycles. The van der Waals surface area contributed by atoms with Crippen molar-refractivity contribution < 1.29 is 14.3 Å². The molecular formula is C14H13NO3. The van der Waals surface area contributed by atoms with Crippen LogP contribution in [0.25, 0.3) is 0 Å². The number of benzene rings is 1. The van der Waals surface area contributed by atoms with E-state index in [0.717, 1.165) is 11.1 Å². The summed E-state index contributed by atoms with van der Waals surface area (Å²) >= 11 is 0. The predicted molar refractivity (Wildman–Crippen MR) is 65.6 cm³/mol. The summed E-state index contributed by atoms with van der Waals surface area (Å²) < 4.78 is 10.9. The van der Waals surface area contributed by atoms with Crippen molar-refractivity contribution in [1.29, 1.82) is 5.26 Å². The Morgan fingerprint density at radius 1 is 1.44 bits per heavy atom. The highest BCUT2D eigenvalue weighted by molar-refractivity contribution is 6.13. The van der Waals surface area contributed by atoms with Crippen molar-refractivity contribution in [3.63, 3.8) is 0 Å². The second-order valence-corrected chi connectivity index (χ2v) is 4.27. The van der Waals surface area contributed by atoms with Crippen LogP contribution in [-0.4, -0.2) is 12.4 Å². The zero-order chi connectivity index (χ0) is 13.3. The summed E-state index contributed by atoms with van der Waals surface area (Å²) in [5.74, 6) is 1.38. The van der Waals surface area contributed by atoms with Gasteiger partial charge < -0.3 is 9.47 Å². The fraction of sp³-hybridized carbons (Fsp3) is 0.286. The largest absolute Gasteiger partial charge is 0.478 e. The number of hydrogen-bond acceptors (Lipinski definition) is 4. The molecule has 1 aromatic rings. The van der Waals surface area contributed by atoms with Crippen LogP contribution in [0, 0.1) is 18.3 Å². The first-order valence-electron chi connectivity index (χ1n) is 5.59. The lowest BCUT2D eigenvalue weighted by Gasteiger charge is -2.08. The lowest BCUT2D eigenvalue weighted by molar-refractivity contribution is 0.101. The Morgan fingerprint density at radius 3 is 2.78 bits per heavy atom. The van der Waals surface area contributed by atoms with E-state index >= 15 is 0 Å². The Labute approximate surface area is 105 Å². The number of carbonyl (C=O) groups excluding carboxylic acids is 1. The molecule has 0 fully saturated rings. The Morgan fingerprint density at radius 2 is 2.17 bits per heavy atom. The third kappa shape index (κ3) is 1.84. The second kappa shape index (κ2) is 4.53. The molecule has 0 spiro atoms. The summed E-state index contributed by atoms with van der Waals surface area (Å²) in [7, 11) is 0. The Bertz CT molecular complexity index is 590. The summed E-state index contributed by atoms with van der Waals surface area (Å²) in [5, 5.41) is 8.50. The Hall–Kier alpha value is -2.28.